The third-order valence-corrected chi connectivity index (χ3v) is 3.54. The molecule has 1 aliphatic rings. The van der Waals surface area contributed by atoms with Gasteiger partial charge in [-0.2, -0.15) is 5.26 Å². The van der Waals surface area contributed by atoms with Crippen LogP contribution in [0, 0.1) is 11.3 Å². The largest absolute Gasteiger partial charge is 0.314 e. The van der Waals surface area contributed by atoms with Crippen molar-refractivity contribution in [3.05, 3.63) is 35.4 Å². The number of nitrogens with one attached hydrogen (secondary N) is 2. The van der Waals surface area contributed by atoms with Crippen LogP contribution in [-0.4, -0.2) is 18.6 Å². The summed E-state index contributed by atoms with van der Waals surface area (Å²) < 4.78 is 0. The first-order chi connectivity index (χ1) is 8.78. The van der Waals surface area contributed by atoms with E-state index >= 15 is 0 Å². The van der Waals surface area contributed by atoms with Gasteiger partial charge in [-0.05, 0) is 50.4 Å². The summed E-state index contributed by atoms with van der Waals surface area (Å²) in [5.41, 5.74) is 1.96. The minimum absolute atomic E-state index is 0.524. The van der Waals surface area contributed by atoms with Crippen LogP contribution in [0.15, 0.2) is 24.3 Å². The van der Waals surface area contributed by atoms with Crippen LogP contribution in [0.1, 0.15) is 37.3 Å². The highest BCUT2D eigenvalue weighted by Gasteiger charge is 2.16. The van der Waals surface area contributed by atoms with E-state index in [1.807, 2.05) is 24.3 Å². The number of nitriles is 1. The Kier molecular flexibility index (Phi) is 4.74. The lowest BCUT2D eigenvalue weighted by Crippen LogP contribution is -2.33. The van der Waals surface area contributed by atoms with E-state index in [-0.39, 0.29) is 0 Å². The zero-order chi connectivity index (χ0) is 12.8. The van der Waals surface area contributed by atoms with Crippen LogP contribution in [-0.2, 0) is 6.54 Å². The van der Waals surface area contributed by atoms with Crippen molar-refractivity contribution in [3.63, 3.8) is 0 Å². The van der Waals surface area contributed by atoms with Gasteiger partial charge in [0.15, 0.2) is 0 Å². The van der Waals surface area contributed by atoms with Crippen molar-refractivity contribution in [2.45, 2.75) is 44.8 Å². The van der Waals surface area contributed by atoms with Gasteiger partial charge in [-0.1, -0.05) is 12.1 Å². The highest BCUT2D eigenvalue weighted by Crippen LogP contribution is 2.11. The van der Waals surface area contributed by atoms with Gasteiger partial charge in [0.05, 0.1) is 11.6 Å². The van der Waals surface area contributed by atoms with Crippen molar-refractivity contribution in [2.75, 3.05) is 6.54 Å². The zero-order valence-corrected chi connectivity index (χ0v) is 10.9. The number of rotatable bonds is 5. The van der Waals surface area contributed by atoms with Crippen LogP contribution < -0.4 is 10.6 Å². The lowest BCUT2D eigenvalue weighted by atomic mass is 10.1. The quantitative estimate of drug-likeness (QED) is 0.833. The molecule has 1 aromatic carbocycles. The van der Waals surface area contributed by atoms with Gasteiger partial charge >= 0.3 is 0 Å². The summed E-state index contributed by atoms with van der Waals surface area (Å²) in [5, 5.41) is 15.8. The third kappa shape index (κ3) is 3.83. The predicted octanol–water partition coefficient (Wildman–Crippen LogP) is 2.18. The molecule has 3 heteroatoms. The molecule has 0 radical (unpaired) electrons. The maximum atomic E-state index is 8.73. The highest BCUT2D eigenvalue weighted by molar-refractivity contribution is 5.31. The molecule has 18 heavy (non-hydrogen) atoms. The van der Waals surface area contributed by atoms with Gasteiger partial charge in [-0.25, -0.2) is 0 Å². The Morgan fingerprint density at radius 1 is 1.44 bits per heavy atom. The molecule has 0 spiro atoms. The minimum Gasteiger partial charge on any atom is -0.314 e. The van der Waals surface area contributed by atoms with Gasteiger partial charge in [0, 0.05) is 18.6 Å². The summed E-state index contributed by atoms with van der Waals surface area (Å²) in [6.07, 6.45) is 3.81. The van der Waals surface area contributed by atoms with Gasteiger partial charge in [0.1, 0.15) is 0 Å². The number of benzene rings is 1. The molecule has 2 rings (SSSR count). The van der Waals surface area contributed by atoms with Gasteiger partial charge in [-0.15, -0.1) is 0 Å². The van der Waals surface area contributed by atoms with Crippen molar-refractivity contribution in [1.29, 1.82) is 5.26 Å². The van der Waals surface area contributed by atoms with Crippen LogP contribution in [0.5, 0.6) is 0 Å². The van der Waals surface area contributed by atoms with E-state index < -0.39 is 0 Å². The normalized spacial score (nSPS) is 20.6. The monoisotopic (exact) mass is 243 g/mol. The summed E-state index contributed by atoms with van der Waals surface area (Å²) in [6.45, 7) is 4.29. The van der Waals surface area contributed by atoms with E-state index in [4.69, 9.17) is 5.26 Å². The summed E-state index contributed by atoms with van der Waals surface area (Å²) in [7, 11) is 0. The van der Waals surface area contributed by atoms with Crippen molar-refractivity contribution in [1.82, 2.24) is 10.6 Å². The number of hydrogen-bond acceptors (Lipinski definition) is 3. The van der Waals surface area contributed by atoms with Gasteiger partial charge in [0.25, 0.3) is 0 Å². The second-order valence-electron chi connectivity index (χ2n) is 5.12. The molecule has 2 N–H and O–H groups in total. The Hall–Kier alpha value is -1.37. The van der Waals surface area contributed by atoms with E-state index in [2.05, 4.69) is 23.6 Å². The molecule has 0 aliphatic carbocycles. The Balaban J connectivity index is 1.74. The SMILES string of the molecule is CC(CC1CCCN1)NCc1ccc(C#N)cc1. The van der Waals surface area contributed by atoms with Crippen LogP contribution in [0.3, 0.4) is 0 Å². The maximum Gasteiger partial charge on any atom is 0.0991 e. The highest BCUT2D eigenvalue weighted by atomic mass is 15.0. The second kappa shape index (κ2) is 6.53. The Morgan fingerprint density at radius 2 is 2.22 bits per heavy atom. The van der Waals surface area contributed by atoms with Gasteiger partial charge < -0.3 is 10.6 Å². The van der Waals surface area contributed by atoms with Gasteiger partial charge in [-0.3, -0.25) is 0 Å². The van der Waals surface area contributed by atoms with Crippen LogP contribution in [0.2, 0.25) is 0 Å². The zero-order valence-electron chi connectivity index (χ0n) is 10.9. The van der Waals surface area contributed by atoms with E-state index in [0.29, 0.717) is 12.1 Å². The number of nitrogens with zero attached hydrogens (tertiary/aromatic N) is 1. The van der Waals surface area contributed by atoms with Crippen molar-refractivity contribution >= 4 is 0 Å². The third-order valence-electron chi connectivity index (χ3n) is 3.54. The van der Waals surface area contributed by atoms with Crippen LogP contribution in [0.4, 0.5) is 0 Å². The molecule has 0 bridgehead atoms. The summed E-state index contributed by atoms with van der Waals surface area (Å²) >= 11 is 0. The lowest BCUT2D eigenvalue weighted by molar-refractivity contribution is 0.440. The molecule has 0 saturated carbocycles. The summed E-state index contributed by atoms with van der Waals surface area (Å²) in [6, 6.07) is 11.1. The molecule has 2 unspecified atom stereocenters. The summed E-state index contributed by atoms with van der Waals surface area (Å²) in [4.78, 5) is 0. The molecule has 0 amide bonds. The number of hydrogen-bond donors (Lipinski definition) is 2. The smallest absolute Gasteiger partial charge is 0.0991 e. The fourth-order valence-electron chi connectivity index (χ4n) is 2.46. The fraction of sp³-hybridized carbons (Fsp3) is 0.533. The molecule has 96 valence electrons. The van der Waals surface area contributed by atoms with Crippen molar-refractivity contribution in [2.24, 2.45) is 0 Å². The topological polar surface area (TPSA) is 47.8 Å². The molecular weight excluding hydrogens is 222 g/mol. The fourth-order valence-corrected chi connectivity index (χ4v) is 2.46. The van der Waals surface area contributed by atoms with Gasteiger partial charge in [0.2, 0.25) is 0 Å². The average Bonchev–Trinajstić information content (AvgIpc) is 2.90. The lowest BCUT2D eigenvalue weighted by Gasteiger charge is -2.18. The van der Waals surface area contributed by atoms with Crippen LogP contribution in [0.25, 0.3) is 0 Å². The first-order valence-corrected chi connectivity index (χ1v) is 6.74. The average molecular weight is 243 g/mol. The minimum atomic E-state index is 0.524. The van der Waals surface area contributed by atoms with Crippen LogP contribution >= 0.6 is 0 Å². The first-order valence-electron chi connectivity index (χ1n) is 6.74. The molecule has 1 aromatic rings. The predicted molar refractivity (Wildman–Crippen MR) is 73.1 cm³/mol. The summed E-state index contributed by atoms with van der Waals surface area (Å²) in [5.74, 6) is 0. The standard InChI is InChI=1S/C15H21N3/c1-12(9-15-3-2-8-17-15)18-11-14-6-4-13(10-16)5-7-14/h4-7,12,15,17-18H,2-3,8-9,11H2,1H3. The Morgan fingerprint density at radius 3 is 2.83 bits per heavy atom. The first kappa shape index (κ1) is 13.1. The van der Waals surface area contributed by atoms with Crippen molar-refractivity contribution < 1.29 is 0 Å². The van der Waals surface area contributed by atoms with E-state index in [1.165, 1.54) is 31.4 Å². The molecule has 1 saturated heterocycles. The van der Waals surface area contributed by atoms with E-state index in [1.54, 1.807) is 0 Å². The molecule has 0 aromatic heterocycles. The molecule has 1 heterocycles. The second-order valence-corrected chi connectivity index (χ2v) is 5.12. The Labute approximate surface area is 109 Å². The van der Waals surface area contributed by atoms with E-state index in [0.717, 1.165) is 12.1 Å². The van der Waals surface area contributed by atoms with Crippen molar-refractivity contribution in [3.8, 4) is 6.07 Å². The molecule has 1 fully saturated rings. The maximum absolute atomic E-state index is 8.73. The molecule has 1 aliphatic heterocycles. The Bertz CT molecular complexity index is 399. The molecule has 3 nitrogen and oxygen atoms in total. The molecule has 2 atom stereocenters. The van der Waals surface area contributed by atoms with E-state index in [9.17, 15) is 0 Å². The molecular formula is C15H21N3.